The molecule has 5 rings (SSSR count). The molecule has 0 radical (unpaired) electrons. The first-order valence-electron chi connectivity index (χ1n) is 9.50. The van der Waals surface area contributed by atoms with Crippen molar-refractivity contribution in [1.29, 1.82) is 0 Å². The van der Waals surface area contributed by atoms with Gasteiger partial charge >= 0.3 is 6.18 Å². The summed E-state index contributed by atoms with van der Waals surface area (Å²) in [7, 11) is 0. The molecule has 3 aromatic rings. The second-order valence-electron chi connectivity index (χ2n) is 7.96. The third-order valence-corrected chi connectivity index (χ3v) is 7.11. The van der Waals surface area contributed by atoms with Gasteiger partial charge in [-0.05, 0) is 31.4 Å². The summed E-state index contributed by atoms with van der Waals surface area (Å²) in [4.78, 5) is 10.5. The first-order valence-corrected chi connectivity index (χ1v) is 10.3. The Balaban J connectivity index is 1.47. The van der Waals surface area contributed by atoms with Crippen LogP contribution in [0.1, 0.15) is 18.4 Å². The average Bonchev–Trinajstić information content (AvgIpc) is 3.25. The van der Waals surface area contributed by atoms with Crippen LogP contribution in [0.5, 0.6) is 5.88 Å². The van der Waals surface area contributed by atoms with E-state index in [1.165, 1.54) is 28.4 Å². The standard InChI is InChI=1S/C19H18F3N7OS/c1-4-17-9-28(13-7-10(2)27-31-13)8-12(17)18(17,23)16-25-14-15(24-5-6-29(14)26-16)30-11(3)19(20,21)22/h1,5-7,11-12H,8-9,23H2,2-3H3/t11-,12?,17?,18?/m1/s1. The van der Waals surface area contributed by atoms with Crippen LogP contribution in [0.25, 0.3) is 5.65 Å². The normalized spacial score (nSPS) is 28.4. The number of alkyl halides is 3. The summed E-state index contributed by atoms with van der Waals surface area (Å²) in [6.45, 7) is 3.97. The van der Waals surface area contributed by atoms with Crippen LogP contribution in [0.4, 0.5) is 18.2 Å². The number of halogens is 3. The lowest BCUT2D eigenvalue weighted by atomic mass is 10.0. The van der Waals surface area contributed by atoms with Crippen molar-refractivity contribution in [2.75, 3.05) is 18.0 Å². The molecule has 8 nitrogen and oxygen atoms in total. The monoisotopic (exact) mass is 449 g/mol. The topological polar surface area (TPSA) is 94.5 Å². The molecule has 3 unspecified atom stereocenters. The van der Waals surface area contributed by atoms with Crippen LogP contribution in [0.15, 0.2) is 18.5 Å². The maximum absolute atomic E-state index is 12.9. The van der Waals surface area contributed by atoms with Crippen molar-refractivity contribution in [2.45, 2.75) is 31.7 Å². The van der Waals surface area contributed by atoms with Gasteiger partial charge in [-0.2, -0.15) is 17.5 Å². The highest BCUT2D eigenvalue weighted by molar-refractivity contribution is 7.10. The van der Waals surface area contributed by atoms with E-state index in [9.17, 15) is 13.2 Å². The van der Waals surface area contributed by atoms with Gasteiger partial charge in [0.05, 0.1) is 11.1 Å². The number of aryl methyl sites for hydroxylation is 1. The molecule has 31 heavy (non-hydrogen) atoms. The summed E-state index contributed by atoms with van der Waals surface area (Å²) in [5.74, 6) is 2.76. The minimum Gasteiger partial charge on any atom is -0.462 e. The maximum atomic E-state index is 12.9. The van der Waals surface area contributed by atoms with Crippen molar-refractivity contribution < 1.29 is 17.9 Å². The second kappa shape index (κ2) is 6.30. The molecule has 3 aromatic heterocycles. The number of anilines is 1. The second-order valence-corrected chi connectivity index (χ2v) is 8.75. The number of terminal acetylenes is 1. The zero-order valence-corrected chi connectivity index (χ0v) is 17.4. The molecule has 2 aliphatic rings. The zero-order chi connectivity index (χ0) is 22.2. The number of fused-ring (bicyclic) bond motifs is 2. The van der Waals surface area contributed by atoms with Gasteiger partial charge in [-0.15, -0.1) is 11.5 Å². The van der Waals surface area contributed by atoms with Crippen LogP contribution in [0.2, 0.25) is 0 Å². The third-order valence-electron chi connectivity index (χ3n) is 6.17. The number of piperidine rings is 1. The molecule has 0 bridgehead atoms. The molecule has 1 aliphatic carbocycles. The molecule has 12 heteroatoms. The zero-order valence-electron chi connectivity index (χ0n) is 16.6. The van der Waals surface area contributed by atoms with E-state index in [0.717, 1.165) is 17.6 Å². The van der Waals surface area contributed by atoms with Crippen molar-refractivity contribution in [1.82, 2.24) is 24.0 Å². The van der Waals surface area contributed by atoms with Gasteiger partial charge in [0.15, 0.2) is 11.9 Å². The Morgan fingerprint density at radius 1 is 1.45 bits per heavy atom. The van der Waals surface area contributed by atoms with Crippen molar-refractivity contribution in [3.05, 3.63) is 30.0 Å². The lowest BCUT2D eigenvalue weighted by Gasteiger charge is -2.25. The van der Waals surface area contributed by atoms with E-state index in [2.05, 4.69) is 30.3 Å². The number of hydrogen-bond acceptors (Lipinski definition) is 8. The van der Waals surface area contributed by atoms with Gasteiger partial charge in [-0.1, -0.05) is 5.92 Å². The highest BCUT2D eigenvalue weighted by atomic mass is 32.1. The molecule has 0 aromatic carbocycles. The SMILES string of the molecule is C#CC12CN(c3cc(C)ns3)CC1C2(N)c1nc2c(O[C@H](C)C(F)(F)F)nccn2n1. The summed E-state index contributed by atoms with van der Waals surface area (Å²) >= 11 is 1.40. The molecule has 2 N–H and O–H groups in total. The molecule has 2 fully saturated rings. The van der Waals surface area contributed by atoms with Crippen LogP contribution in [0.3, 0.4) is 0 Å². The molecule has 162 valence electrons. The Morgan fingerprint density at radius 2 is 2.23 bits per heavy atom. The van der Waals surface area contributed by atoms with E-state index >= 15 is 0 Å². The van der Waals surface area contributed by atoms with Crippen molar-refractivity contribution in [2.24, 2.45) is 17.1 Å². The number of ether oxygens (including phenoxy) is 1. The van der Waals surface area contributed by atoms with Gasteiger partial charge in [0.25, 0.3) is 5.88 Å². The van der Waals surface area contributed by atoms with E-state index in [4.69, 9.17) is 16.9 Å². The third kappa shape index (κ3) is 2.73. The number of nitrogens with zero attached hydrogens (tertiary/aromatic N) is 6. The van der Waals surface area contributed by atoms with Crippen molar-refractivity contribution in [3.8, 4) is 18.2 Å². The van der Waals surface area contributed by atoms with Gasteiger partial charge in [0, 0.05) is 31.4 Å². The molecule has 0 spiro atoms. The summed E-state index contributed by atoms with van der Waals surface area (Å²) in [6, 6.07) is 2.00. The first kappa shape index (κ1) is 20.0. The Morgan fingerprint density at radius 3 is 2.84 bits per heavy atom. The van der Waals surface area contributed by atoms with E-state index in [0.29, 0.717) is 13.1 Å². The van der Waals surface area contributed by atoms with Gasteiger partial charge in [-0.25, -0.2) is 14.5 Å². The summed E-state index contributed by atoms with van der Waals surface area (Å²) in [6.07, 6.45) is 2.10. The molecule has 1 saturated heterocycles. The predicted molar refractivity (Wildman–Crippen MR) is 107 cm³/mol. The first-order chi connectivity index (χ1) is 14.6. The molecule has 1 aliphatic heterocycles. The molecular formula is C19H18F3N7OS. The molecule has 1 saturated carbocycles. The van der Waals surface area contributed by atoms with Gasteiger partial charge in [-0.3, -0.25) is 0 Å². The summed E-state index contributed by atoms with van der Waals surface area (Å²) < 4.78 is 49.4. The smallest absolute Gasteiger partial charge is 0.425 e. The highest BCUT2D eigenvalue weighted by Gasteiger charge is 2.80. The van der Waals surface area contributed by atoms with Crippen LogP contribution >= 0.6 is 11.5 Å². The fourth-order valence-electron chi connectivity index (χ4n) is 4.35. The Bertz CT molecular complexity index is 1220. The van der Waals surface area contributed by atoms with Crippen LogP contribution in [0, 0.1) is 30.6 Å². The molecule has 4 heterocycles. The quantitative estimate of drug-likeness (QED) is 0.610. The molecular weight excluding hydrogens is 431 g/mol. The minimum absolute atomic E-state index is 0.0607. The molecule has 4 atom stereocenters. The maximum Gasteiger partial charge on any atom is 0.425 e. The van der Waals surface area contributed by atoms with E-state index in [1.54, 1.807) is 0 Å². The predicted octanol–water partition coefficient (Wildman–Crippen LogP) is 2.14. The number of aromatic nitrogens is 5. The lowest BCUT2D eigenvalue weighted by Crippen LogP contribution is -2.39. The lowest BCUT2D eigenvalue weighted by molar-refractivity contribution is -0.189. The Hall–Kier alpha value is -2.91. The molecule has 0 amide bonds. The number of nitrogens with two attached hydrogens (primary N) is 1. The van der Waals surface area contributed by atoms with E-state index in [-0.39, 0.29) is 23.3 Å². The van der Waals surface area contributed by atoms with Gasteiger partial charge in [0.2, 0.25) is 5.65 Å². The van der Waals surface area contributed by atoms with Gasteiger partial charge < -0.3 is 15.4 Å². The van der Waals surface area contributed by atoms with Gasteiger partial charge in [0.1, 0.15) is 10.5 Å². The van der Waals surface area contributed by atoms with Crippen LogP contribution in [-0.2, 0) is 5.54 Å². The van der Waals surface area contributed by atoms with E-state index < -0.39 is 23.2 Å². The van der Waals surface area contributed by atoms with Crippen LogP contribution in [-0.4, -0.2) is 49.3 Å². The fraction of sp³-hybridized carbons (Fsp3) is 0.474. The highest BCUT2D eigenvalue weighted by Crippen LogP contribution is 2.69. The fourth-order valence-corrected chi connectivity index (χ4v) is 5.12. The largest absolute Gasteiger partial charge is 0.462 e. The Kier molecular flexibility index (Phi) is 4.07. The van der Waals surface area contributed by atoms with Crippen molar-refractivity contribution in [3.63, 3.8) is 0 Å². The summed E-state index contributed by atoms with van der Waals surface area (Å²) in [5, 5.41) is 5.43. The summed E-state index contributed by atoms with van der Waals surface area (Å²) in [5.41, 5.74) is 6.06. The van der Waals surface area contributed by atoms with E-state index in [1.807, 2.05) is 13.0 Å². The van der Waals surface area contributed by atoms with Crippen LogP contribution < -0.4 is 15.4 Å². The number of rotatable bonds is 4. The minimum atomic E-state index is -4.54. The van der Waals surface area contributed by atoms with Crippen molar-refractivity contribution >= 4 is 22.2 Å². The number of hydrogen-bond donors (Lipinski definition) is 1. The Labute approximate surface area is 179 Å². The average molecular weight is 449 g/mol.